The topological polar surface area (TPSA) is 126 Å². The van der Waals surface area contributed by atoms with Gasteiger partial charge in [-0.1, -0.05) is 6.07 Å². The number of aromatic carboxylic acids is 1. The van der Waals surface area contributed by atoms with Crippen LogP contribution in [0.5, 0.6) is 5.88 Å². The fourth-order valence-corrected chi connectivity index (χ4v) is 6.04. The predicted molar refractivity (Wildman–Crippen MR) is 157 cm³/mol. The van der Waals surface area contributed by atoms with Gasteiger partial charge in [0.25, 0.3) is 0 Å². The molecular weight excluding hydrogens is 567 g/mol. The van der Waals surface area contributed by atoms with E-state index in [9.17, 15) is 14.3 Å². The second-order valence-corrected chi connectivity index (χ2v) is 11.4. The Morgan fingerprint density at radius 3 is 2.82 bits per heavy atom. The smallest absolute Gasteiger partial charge is 0.335 e. The summed E-state index contributed by atoms with van der Waals surface area (Å²) in [7, 11) is 0. The summed E-state index contributed by atoms with van der Waals surface area (Å²) < 4.78 is 34.1. The number of hydrogen-bond acceptors (Lipinski definition) is 9. The van der Waals surface area contributed by atoms with Gasteiger partial charge in [-0.2, -0.15) is 10.2 Å². The predicted octanol–water partition coefficient (Wildman–Crippen LogP) is 3.73. The number of nitrogens with zero attached hydrogens (tertiary/aromatic N) is 6. The second kappa shape index (κ2) is 11.8. The Labute approximate surface area is 253 Å². The van der Waals surface area contributed by atoms with Crippen LogP contribution in [0.4, 0.5) is 10.2 Å². The van der Waals surface area contributed by atoms with E-state index in [1.807, 2.05) is 12.1 Å². The maximum absolute atomic E-state index is 14.4. The number of halogens is 1. The first-order valence-corrected chi connectivity index (χ1v) is 14.7. The summed E-state index contributed by atoms with van der Waals surface area (Å²) in [6.07, 6.45) is 1.07. The van der Waals surface area contributed by atoms with E-state index < -0.39 is 11.8 Å². The van der Waals surface area contributed by atoms with Crippen molar-refractivity contribution < 1.29 is 28.5 Å². The van der Waals surface area contributed by atoms with Gasteiger partial charge in [-0.05, 0) is 42.8 Å². The first-order valence-electron chi connectivity index (χ1n) is 14.7. The highest BCUT2D eigenvalue weighted by Crippen LogP contribution is 2.31. The lowest BCUT2D eigenvalue weighted by molar-refractivity contribution is -0.0592. The number of piperazine rings is 1. The van der Waals surface area contributed by atoms with E-state index in [-0.39, 0.29) is 29.9 Å². The molecular formula is C32H31FN6O5. The number of imidazole rings is 1. The normalized spacial score (nSPS) is 19.9. The fourth-order valence-electron chi connectivity index (χ4n) is 6.04. The van der Waals surface area contributed by atoms with Crippen LogP contribution in [0.2, 0.25) is 0 Å². The van der Waals surface area contributed by atoms with E-state index in [4.69, 9.17) is 29.4 Å². The van der Waals surface area contributed by atoms with E-state index in [0.717, 1.165) is 60.9 Å². The first kappa shape index (κ1) is 28.2. The number of benzene rings is 2. The summed E-state index contributed by atoms with van der Waals surface area (Å²) >= 11 is 0. The highest BCUT2D eigenvalue weighted by molar-refractivity contribution is 5.92. The van der Waals surface area contributed by atoms with Crippen LogP contribution in [0.1, 0.15) is 39.3 Å². The molecule has 0 radical (unpaired) electrons. The molecule has 5 heterocycles. The van der Waals surface area contributed by atoms with Crippen LogP contribution in [0.3, 0.4) is 0 Å². The number of carboxylic acid groups (broad SMARTS) is 1. The molecule has 4 aromatic rings. The molecule has 0 bridgehead atoms. The molecule has 11 nitrogen and oxygen atoms in total. The molecule has 2 atom stereocenters. The lowest BCUT2D eigenvalue weighted by Crippen LogP contribution is -2.54. The number of rotatable bonds is 8. The highest BCUT2D eigenvalue weighted by atomic mass is 19.1. The van der Waals surface area contributed by atoms with E-state index in [2.05, 4.69) is 14.4 Å². The summed E-state index contributed by atoms with van der Waals surface area (Å²) in [5, 5.41) is 18.5. The Morgan fingerprint density at radius 1 is 1.16 bits per heavy atom. The molecule has 2 aromatic heterocycles. The number of fused-ring (bicyclic) bond motifs is 4. The van der Waals surface area contributed by atoms with Crippen molar-refractivity contribution in [1.82, 2.24) is 19.4 Å². The molecule has 12 heteroatoms. The van der Waals surface area contributed by atoms with Crippen LogP contribution in [0.15, 0.2) is 48.5 Å². The summed E-state index contributed by atoms with van der Waals surface area (Å²) in [5.41, 5.74) is 3.39. The van der Waals surface area contributed by atoms with Gasteiger partial charge >= 0.3 is 5.97 Å². The van der Waals surface area contributed by atoms with Crippen molar-refractivity contribution in [2.24, 2.45) is 0 Å². The van der Waals surface area contributed by atoms with Gasteiger partial charge in [0.15, 0.2) is 0 Å². The number of aromatic nitrogens is 3. The van der Waals surface area contributed by atoms with Gasteiger partial charge in [-0.15, -0.1) is 0 Å². The number of carbonyl (C=O) groups is 1. The maximum Gasteiger partial charge on any atom is 0.335 e. The lowest BCUT2D eigenvalue weighted by Gasteiger charge is -2.41. The van der Waals surface area contributed by atoms with Crippen LogP contribution in [0.25, 0.3) is 11.0 Å². The molecule has 2 fully saturated rings. The molecule has 7 rings (SSSR count). The van der Waals surface area contributed by atoms with Gasteiger partial charge in [0.1, 0.15) is 24.1 Å². The average Bonchev–Trinajstić information content (AvgIpc) is 3.23. The van der Waals surface area contributed by atoms with Crippen LogP contribution in [-0.2, 0) is 35.8 Å². The van der Waals surface area contributed by atoms with Gasteiger partial charge in [0.05, 0.1) is 66.7 Å². The largest absolute Gasteiger partial charge is 0.478 e. The van der Waals surface area contributed by atoms with Gasteiger partial charge in [0, 0.05) is 43.4 Å². The van der Waals surface area contributed by atoms with Crippen LogP contribution >= 0.6 is 0 Å². The monoisotopic (exact) mass is 598 g/mol. The van der Waals surface area contributed by atoms with Gasteiger partial charge < -0.3 is 28.8 Å². The van der Waals surface area contributed by atoms with Crippen molar-refractivity contribution in [3.8, 4) is 11.9 Å². The summed E-state index contributed by atoms with van der Waals surface area (Å²) in [6.45, 7) is 5.16. The molecule has 226 valence electrons. The van der Waals surface area contributed by atoms with Crippen molar-refractivity contribution in [2.45, 2.75) is 44.9 Å². The third kappa shape index (κ3) is 5.57. The van der Waals surface area contributed by atoms with Crippen LogP contribution in [0, 0.1) is 17.1 Å². The van der Waals surface area contributed by atoms with Crippen molar-refractivity contribution >= 4 is 22.8 Å². The Hall–Kier alpha value is -4.57. The Balaban J connectivity index is 1.08. The molecule has 1 N–H and O–H groups in total. The van der Waals surface area contributed by atoms with Crippen molar-refractivity contribution in [2.75, 3.05) is 37.7 Å². The van der Waals surface area contributed by atoms with Gasteiger partial charge in [-0.3, -0.25) is 4.90 Å². The quantitative estimate of drug-likeness (QED) is 0.321. The molecule has 3 aliphatic heterocycles. The fraction of sp³-hybridized carbons (Fsp3) is 0.375. The standard InChI is InChI=1S/C32H31FN6O5/c33-26-11-20(13-34)1-2-22(26)18-44-30-6-4-23-17-42-19-24-14-37(8-9-38(24)31(23)36-30)16-29-35-27-5-3-21(32(40)41)12-28(27)39(29)15-25-7-10-43-25/h1-6,11-12,24-25H,7-10,14-19H2,(H,40,41)/t24?,25-/m0/s1. The number of ether oxygens (including phenoxy) is 3. The Morgan fingerprint density at radius 2 is 2.05 bits per heavy atom. The van der Waals surface area contributed by atoms with Crippen molar-refractivity contribution in [3.05, 3.63) is 82.4 Å². The minimum absolute atomic E-state index is 0.00209. The number of carboxylic acids is 1. The van der Waals surface area contributed by atoms with E-state index in [0.29, 0.717) is 37.7 Å². The molecule has 0 aliphatic carbocycles. The zero-order valence-corrected chi connectivity index (χ0v) is 24.0. The highest BCUT2D eigenvalue weighted by Gasteiger charge is 2.33. The lowest BCUT2D eigenvalue weighted by atomic mass is 10.1. The number of anilines is 1. The SMILES string of the molecule is N#Cc1ccc(COc2ccc3c(n2)N2CCN(Cc4nc5ccc(C(=O)O)cc5n4C[C@@H]4CCO4)CC2COC3)c(F)c1. The molecule has 3 aliphatic rings. The van der Waals surface area contributed by atoms with E-state index in [1.165, 1.54) is 6.07 Å². The zero-order valence-electron chi connectivity index (χ0n) is 24.0. The summed E-state index contributed by atoms with van der Waals surface area (Å²) in [5.74, 6) is 0.628. The molecule has 0 amide bonds. The number of pyridine rings is 1. The zero-order chi connectivity index (χ0) is 30.2. The van der Waals surface area contributed by atoms with Crippen molar-refractivity contribution in [3.63, 3.8) is 0 Å². The molecule has 0 spiro atoms. The Bertz CT molecular complexity index is 1770. The molecule has 1 unspecified atom stereocenters. The molecule has 2 saturated heterocycles. The Kier molecular flexibility index (Phi) is 7.59. The third-order valence-corrected chi connectivity index (χ3v) is 8.51. The number of hydrogen-bond donors (Lipinski definition) is 1. The molecule has 44 heavy (non-hydrogen) atoms. The number of nitriles is 1. The summed E-state index contributed by atoms with van der Waals surface area (Å²) in [6, 6.07) is 15.1. The third-order valence-electron chi connectivity index (χ3n) is 8.51. The van der Waals surface area contributed by atoms with Crippen LogP contribution < -0.4 is 9.64 Å². The maximum atomic E-state index is 14.4. The van der Waals surface area contributed by atoms with Crippen molar-refractivity contribution in [1.29, 1.82) is 5.26 Å². The minimum atomic E-state index is -0.963. The van der Waals surface area contributed by atoms with Crippen LogP contribution in [-0.4, -0.2) is 75.5 Å². The van der Waals surface area contributed by atoms with E-state index in [1.54, 1.807) is 36.4 Å². The first-order chi connectivity index (χ1) is 21.4. The molecule has 0 saturated carbocycles. The summed E-state index contributed by atoms with van der Waals surface area (Å²) in [4.78, 5) is 26.0. The van der Waals surface area contributed by atoms with Gasteiger partial charge in [-0.25, -0.2) is 14.2 Å². The minimum Gasteiger partial charge on any atom is -0.478 e. The average molecular weight is 599 g/mol. The second-order valence-electron chi connectivity index (χ2n) is 11.4. The van der Waals surface area contributed by atoms with E-state index >= 15 is 0 Å². The molecule has 2 aromatic carbocycles. The van der Waals surface area contributed by atoms with Gasteiger partial charge in [0.2, 0.25) is 5.88 Å².